The van der Waals surface area contributed by atoms with Crippen molar-refractivity contribution in [3.05, 3.63) is 34.9 Å². The summed E-state index contributed by atoms with van der Waals surface area (Å²) >= 11 is 5.92. The van der Waals surface area contributed by atoms with E-state index >= 15 is 0 Å². The Morgan fingerprint density at radius 2 is 1.82 bits per heavy atom. The van der Waals surface area contributed by atoms with Gasteiger partial charge in [-0.15, -0.1) is 0 Å². The van der Waals surface area contributed by atoms with Crippen LogP contribution in [0.25, 0.3) is 0 Å². The highest BCUT2D eigenvalue weighted by molar-refractivity contribution is 7.89. The highest BCUT2D eigenvalue weighted by Crippen LogP contribution is 2.41. The van der Waals surface area contributed by atoms with Crippen molar-refractivity contribution in [2.75, 3.05) is 12.3 Å². The molecule has 1 saturated carbocycles. The maximum Gasteiger partial charge on any atom is 0.230 e. The third-order valence-corrected chi connectivity index (χ3v) is 5.29. The first-order chi connectivity index (χ1) is 10.3. The molecule has 122 valence electrons. The van der Waals surface area contributed by atoms with Crippen molar-refractivity contribution in [1.82, 2.24) is 5.32 Å². The predicted molar refractivity (Wildman–Crippen MR) is 87.2 cm³/mol. The average molecular weight is 345 g/mol. The van der Waals surface area contributed by atoms with Crippen LogP contribution >= 0.6 is 11.6 Å². The van der Waals surface area contributed by atoms with Crippen LogP contribution in [0, 0.1) is 0 Å². The summed E-state index contributed by atoms with van der Waals surface area (Å²) in [6.45, 7) is 0.310. The second-order valence-corrected chi connectivity index (χ2v) is 7.94. The van der Waals surface area contributed by atoms with Gasteiger partial charge in [-0.3, -0.25) is 4.79 Å². The van der Waals surface area contributed by atoms with E-state index in [1.807, 2.05) is 12.1 Å². The minimum atomic E-state index is -3.48. The SMILES string of the molecule is NS(=O)(=O)CCCNC(=O)C1(c2ccc(Cl)cc2)CCCC1. The molecule has 2 rings (SSSR count). The topological polar surface area (TPSA) is 89.3 Å². The van der Waals surface area contributed by atoms with Gasteiger partial charge >= 0.3 is 0 Å². The third-order valence-electron chi connectivity index (χ3n) is 4.18. The first kappa shape index (κ1) is 17.2. The predicted octanol–water partition coefficient (Wildman–Crippen LogP) is 1.95. The summed E-state index contributed by atoms with van der Waals surface area (Å²) in [4.78, 5) is 12.7. The number of nitrogens with one attached hydrogen (secondary N) is 1. The molecule has 3 N–H and O–H groups in total. The van der Waals surface area contributed by atoms with Gasteiger partial charge in [-0.05, 0) is 37.0 Å². The van der Waals surface area contributed by atoms with Crippen LogP contribution in [0.4, 0.5) is 0 Å². The first-order valence-electron chi connectivity index (χ1n) is 7.38. The molecule has 1 aromatic rings. The number of hydrogen-bond acceptors (Lipinski definition) is 3. The maximum atomic E-state index is 12.7. The van der Waals surface area contributed by atoms with Crippen LogP contribution in [0.3, 0.4) is 0 Å². The summed E-state index contributed by atoms with van der Waals surface area (Å²) in [7, 11) is -3.48. The molecule has 1 fully saturated rings. The molecular weight excluding hydrogens is 324 g/mol. The average Bonchev–Trinajstić information content (AvgIpc) is 2.94. The van der Waals surface area contributed by atoms with E-state index < -0.39 is 15.4 Å². The van der Waals surface area contributed by atoms with E-state index in [0.717, 1.165) is 31.2 Å². The molecule has 0 aromatic heterocycles. The third kappa shape index (κ3) is 4.21. The lowest BCUT2D eigenvalue weighted by atomic mass is 9.78. The van der Waals surface area contributed by atoms with E-state index in [4.69, 9.17) is 16.7 Å². The second kappa shape index (κ2) is 6.98. The molecule has 0 spiro atoms. The number of rotatable bonds is 6. The number of carbonyl (C=O) groups excluding carboxylic acids is 1. The molecule has 1 aliphatic carbocycles. The number of primary sulfonamides is 1. The van der Waals surface area contributed by atoms with Gasteiger partial charge in [-0.25, -0.2) is 13.6 Å². The van der Waals surface area contributed by atoms with Gasteiger partial charge in [-0.2, -0.15) is 0 Å². The molecule has 0 saturated heterocycles. The molecular formula is C15H21ClN2O3S. The lowest BCUT2D eigenvalue weighted by Crippen LogP contribution is -2.43. The number of halogens is 1. The van der Waals surface area contributed by atoms with Crippen molar-refractivity contribution in [1.29, 1.82) is 0 Å². The van der Waals surface area contributed by atoms with Crippen LogP contribution in [0.5, 0.6) is 0 Å². The van der Waals surface area contributed by atoms with Gasteiger partial charge in [0.25, 0.3) is 0 Å². The molecule has 0 unspecified atom stereocenters. The minimum absolute atomic E-state index is 0.0401. The van der Waals surface area contributed by atoms with Crippen molar-refractivity contribution in [3.8, 4) is 0 Å². The van der Waals surface area contributed by atoms with E-state index in [9.17, 15) is 13.2 Å². The molecule has 1 aromatic carbocycles. The first-order valence-corrected chi connectivity index (χ1v) is 9.48. The van der Waals surface area contributed by atoms with Crippen LogP contribution in [0.1, 0.15) is 37.7 Å². The summed E-state index contributed by atoms with van der Waals surface area (Å²) in [6.07, 6.45) is 3.94. The summed E-state index contributed by atoms with van der Waals surface area (Å²) in [5, 5.41) is 8.46. The number of carbonyl (C=O) groups is 1. The van der Waals surface area contributed by atoms with Gasteiger partial charge in [0.1, 0.15) is 0 Å². The monoisotopic (exact) mass is 344 g/mol. The molecule has 0 aliphatic heterocycles. The Hall–Kier alpha value is -1.11. The van der Waals surface area contributed by atoms with E-state index in [2.05, 4.69) is 5.32 Å². The minimum Gasteiger partial charge on any atom is -0.355 e. The highest BCUT2D eigenvalue weighted by Gasteiger charge is 2.42. The Bertz CT molecular complexity index is 623. The second-order valence-electron chi connectivity index (χ2n) is 5.77. The van der Waals surface area contributed by atoms with Crippen molar-refractivity contribution < 1.29 is 13.2 Å². The summed E-state index contributed by atoms with van der Waals surface area (Å²) < 4.78 is 21.8. The van der Waals surface area contributed by atoms with Crippen molar-refractivity contribution in [2.24, 2.45) is 5.14 Å². The quantitative estimate of drug-likeness (QED) is 0.773. The van der Waals surface area contributed by atoms with E-state index in [1.165, 1.54) is 0 Å². The van der Waals surface area contributed by atoms with Crippen molar-refractivity contribution in [2.45, 2.75) is 37.5 Å². The Morgan fingerprint density at radius 1 is 1.23 bits per heavy atom. The Morgan fingerprint density at radius 3 is 2.36 bits per heavy atom. The molecule has 5 nitrogen and oxygen atoms in total. The van der Waals surface area contributed by atoms with Gasteiger partial charge < -0.3 is 5.32 Å². The van der Waals surface area contributed by atoms with Crippen molar-refractivity contribution >= 4 is 27.5 Å². The number of nitrogens with two attached hydrogens (primary N) is 1. The van der Waals surface area contributed by atoms with E-state index in [-0.39, 0.29) is 11.7 Å². The van der Waals surface area contributed by atoms with Crippen LogP contribution in [-0.4, -0.2) is 26.6 Å². The Kier molecular flexibility index (Phi) is 5.47. The van der Waals surface area contributed by atoms with Crippen LogP contribution < -0.4 is 10.5 Å². The highest BCUT2D eigenvalue weighted by atomic mass is 35.5. The largest absolute Gasteiger partial charge is 0.355 e. The van der Waals surface area contributed by atoms with Crippen LogP contribution in [-0.2, 0) is 20.2 Å². The lowest BCUT2D eigenvalue weighted by Gasteiger charge is -2.28. The molecule has 0 atom stereocenters. The Labute approximate surface area is 136 Å². The number of sulfonamides is 1. The number of benzene rings is 1. The zero-order valence-electron chi connectivity index (χ0n) is 12.3. The molecule has 22 heavy (non-hydrogen) atoms. The van der Waals surface area contributed by atoms with Gasteiger partial charge in [0.15, 0.2) is 0 Å². The van der Waals surface area contributed by atoms with E-state index in [1.54, 1.807) is 12.1 Å². The molecule has 1 amide bonds. The Balaban J connectivity index is 2.04. The molecule has 1 aliphatic rings. The number of hydrogen-bond donors (Lipinski definition) is 2. The standard InChI is InChI=1S/C15H21ClN2O3S/c16-13-6-4-12(5-7-13)15(8-1-2-9-15)14(19)18-10-3-11-22(17,20)21/h4-7H,1-3,8-11H2,(H,18,19)(H2,17,20,21). The van der Waals surface area contributed by atoms with Crippen LogP contribution in [0.15, 0.2) is 24.3 Å². The smallest absolute Gasteiger partial charge is 0.230 e. The van der Waals surface area contributed by atoms with E-state index in [0.29, 0.717) is 18.0 Å². The van der Waals surface area contributed by atoms with Gasteiger partial charge in [0.2, 0.25) is 15.9 Å². The van der Waals surface area contributed by atoms with Gasteiger partial charge in [-0.1, -0.05) is 36.6 Å². The van der Waals surface area contributed by atoms with Crippen molar-refractivity contribution in [3.63, 3.8) is 0 Å². The van der Waals surface area contributed by atoms with Gasteiger partial charge in [0.05, 0.1) is 11.2 Å². The summed E-state index contributed by atoms with van der Waals surface area (Å²) in [5.74, 6) is -0.164. The van der Waals surface area contributed by atoms with Gasteiger partial charge in [0, 0.05) is 11.6 Å². The number of amides is 1. The zero-order chi connectivity index (χ0) is 16.2. The lowest BCUT2D eigenvalue weighted by molar-refractivity contribution is -0.126. The normalized spacial score (nSPS) is 17.4. The fraction of sp³-hybridized carbons (Fsp3) is 0.533. The fourth-order valence-electron chi connectivity index (χ4n) is 3.04. The molecule has 0 bridgehead atoms. The van der Waals surface area contributed by atoms with Crippen LogP contribution in [0.2, 0.25) is 5.02 Å². The molecule has 7 heteroatoms. The maximum absolute atomic E-state index is 12.7. The fourth-order valence-corrected chi connectivity index (χ4v) is 3.71. The summed E-state index contributed by atoms with van der Waals surface area (Å²) in [5.41, 5.74) is 0.449. The molecule has 0 heterocycles. The zero-order valence-corrected chi connectivity index (χ0v) is 13.9. The summed E-state index contributed by atoms with van der Waals surface area (Å²) in [6, 6.07) is 7.39. The molecule has 0 radical (unpaired) electrons.